The van der Waals surface area contributed by atoms with Crippen molar-refractivity contribution < 1.29 is 9.53 Å². The maximum absolute atomic E-state index is 12.2. The Kier molecular flexibility index (Phi) is 6.64. The van der Waals surface area contributed by atoms with Gasteiger partial charge < -0.3 is 4.74 Å². The van der Waals surface area contributed by atoms with Crippen LogP contribution >= 0.6 is 27.3 Å². The van der Waals surface area contributed by atoms with Crippen molar-refractivity contribution in [3.63, 3.8) is 0 Å². The van der Waals surface area contributed by atoms with Gasteiger partial charge in [0, 0.05) is 10.4 Å². The number of amides is 1. The Morgan fingerprint density at radius 2 is 2.08 bits per heavy atom. The van der Waals surface area contributed by atoms with Crippen molar-refractivity contribution in [2.24, 2.45) is 0 Å². The first-order valence-electron chi connectivity index (χ1n) is 9.08. The highest BCUT2D eigenvalue weighted by atomic mass is 79.9. The minimum atomic E-state index is -0.214. The van der Waals surface area contributed by atoms with Gasteiger partial charge in [-0.15, -0.1) is 10.2 Å². The molecule has 0 spiro atoms. The Bertz CT molecular complexity index is 757. The fraction of sp³-hybridized carbons (Fsp3) is 0.526. The van der Waals surface area contributed by atoms with E-state index in [-0.39, 0.29) is 12.5 Å². The Hall–Kier alpha value is -1.47. The van der Waals surface area contributed by atoms with E-state index in [1.54, 1.807) is 0 Å². The molecule has 0 unspecified atom stereocenters. The van der Waals surface area contributed by atoms with E-state index in [2.05, 4.69) is 45.3 Å². The molecule has 0 radical (unpaired) electrons. The van der Waals surface area contributed by atoms with Crippen LogP contribution < -0.4 is 10.1 Å². The van der Waals surface area contributed by atoms with E-state index in [0.717, 1.165) is 20.8 Å². The van der Waals surface area contributed by atoms with E-state index in [1.807, 2.05) is 18.2 Å². The summed E-state index contributed by atoms with van der Waals surface area (Å²) in [5, 5.41) is 12.8. The third-order valence-corrected chi connectivity index (χ3v) is 6.09. The van der Waals surface area contributed by atoms with Crippen molar-refractivity contribution in [1.82, 2.24) is 10.2 Å². The largest absolute Gasteiger partial charge is 0.483 e. The summed E-state index contributed by atoms with van der Waals surface area (Å²) >= 11 is 4.96. The quantitative estimate of drug-likeness (QED) is 0.648. The van der Waals surface area contributed by atoms with E-state index in [4.69, 9.17) is 4.74 Å². The summed E-state index contributed by atoms with van der Waals surface area (Å²) in [6.07, 6.45) is 6.17. The topological polar surface area (TPSA) is 64.1 Å². The van der Waals surface area contributed by atoms with Crippen LogP contribution in [-0.2, 0) is 4.79 Å². The highest BCUT2D eigenvalue weighted by molar-refractivity contribution is 9.10. The fourth-order valence-corrected chi connectivity index (χ4v) is 4.51. The molecule has 0 bridgehead atoms. The predicted molar refractivity (Wildman–Crippen MR) is 108 cm³/mol. The van der Waals surface area contributed by atoms with Gasteiger partial charge in [0.15, 0.2) is 6.61 Å². The van der Waals surface area contributed by atoms with Gasteiger partial charge >= 0.3 is 0 Å². The lowest BCUT2D eigenvalue weighted by molar-refractivity contribution is -0.118. The third-order valence-electron chi connectivity index (χ3n) is 4.59. The van der Waals surface area contributed by atoms with Gasteiger partial charge in [-0.2, -0.15) is 0 Å². The van der Waals surface area contributed by atoms with Crippen molar-refractivity contribution >= 4 is 38.3 Å². The Morgan fingerprint density at radius 1 is 1.31 bits per heavy atom. The van der Waals surface area contributed by atoms with E-state index < -0.39 is 0 Å². The van der Waals surface area contributed by atoms with Crippen LogP contribution in [0.25, 0.3) is 0 Å². The van der Waals surface area contributed by atoms with Crippen LogP contribution in [0.4, 0.5) is 5.13 Å². The van der Waals surface area contributed by atoms with Gasteiger partial charge in [0.05, 0.1) is 0 Å². The lowest BCUT2D eigenvalue weighted by Gasteiger charge is -2.18. The summed E-state index contributed by atoms with van der Waals surface area (Å²) in [4.78, 5) is 12.2. The van der Waals surface area contributed by atoms with Crippen LogP contribution in [-0.4, -0.2) is 22.7 Å². The normalized spacial score (nSPS) is 15.2. The Labute approximate surface area is 166 Å². The van der Waals surface area contributed by atoms with E-state index in [1.165, 1.54) is 43.4 Å². The number of rotatable bonds is 6. The minimum absolute atomic E-state index is 0.0420. The number of carbonyl (C=O) groups excluding carboxylic acids is 1. The zero-order valence-corrected chi connectivity index (χ0v) is 17.5. The number of benzene rings is 1. The molecule has 1 fully saturated rings. The maximum atomic E-state index is 12.2. The van der Waals surface area contributed by atoms with Gasteiger partial charge in [0.1, 0.15) is 10.8 Å². The average Bonchev–Trinajstić information content (AvgIpc) is 3.09. The summed E-state index contributed by atoms with van der Waals surface area (Å²) in [7, 11) is 0. The van der Waals surface area contributed by atoms with Gasteiger partial charge in [0.25, 0.3) is 5.91 Å². The molecule has 26 heavy (non-hydrogen) atoms. The van der Waals surface area contributed by atoms with Crippen molar-refractivity contribution in [2.75, 3.05) is 11.9 Å². The molecule has 0 aliphatic heterocycles. The summed E-state index contributed by atoms with van der Waals surface area (Å²) in [6, 6.07) is 5.83. The molecule has 7 heteroatoms. The van der Waals surface area contributed by atoms with Gasteiger partial charge in [-0.25, -0.2) is 0 Å². The average molecular weight is 438 g/mol. The standard InChI is InChI=1S/C19H24BrN3O2S/c1-12(2)15-10-14(20)8-9-16(15)25-11-17(24)21-19-23-22-18(26-19)13-6-4-3-5-7-13/h8-10,12-13H,3-7,11H2,1-2H3,(H,21,23,24). The molecule has 3 rings (SSSR count). The first-order chi connectivity index (χ1) is 12.5. The highest BCUT2D eigenvalue weighted by Gasteiger charge is 2.20. The van der Waals surface area contributed by atoms with E-state index in [9.17, 15) is 4.79 Å². The molecule has 1 saturated carbocycles. The van der Waals surface area contributed by atoms with Crippen molar-refractivity contribution in [1.29, 1.82) is 0 Å². The molecule has 1 aliphatic carbocycles. The van der Waals surface area contributed by atoms with Gasteiger partial charge in [-0.3, -0.25) is 10.1 Å². The molecule has 1 aliphatic rings. The van der Waals surface area contributed by atoms with Crippen molar-refractivity contribution in [3.8, 4) is 5.75 Å². The molecular weight excluding hydrogens is 414 g/mol. The first-order valence-corrected chi connectivity index (χ1v) is 10.7. The monoisotopic (exact) mass is 437 g/mol. The molecule has 1 amide bonds. The highest BCUT2D eigenvalue weighted by Crippen LogP contribution is 2.35. The molecular formula is C19H24BrN3O2S. The summed E-state index contributed by atoms with van der Waals surface area (Å²) in [6.45, 7) is 4.16. The molecule has 5 nitrogen and oxygen atoms in total. The lowest BCUT2D eigenvalue weighted by Crippen LogP contribution is -2.20. The molecule has 1 heterocycles. The second-order valence-electron chi connectivity index (χ2n) is 6.95. The number of hydrogen-bond acceptors (Lipinski definition) is 5. The summed E-state index contributed by atoms with van der Waals surface area (Å²) in [5.41, 5.74) is 1.07. The molecule has 0 atom stereocenters. The van der Waals surface area contributed by atoms with Gasteiger partial charge in [-0.05, 0) is 42.5 Å². The first kappa shape index (κ1) is 19.3. The van der Waals surface area contributed by atoms with Crippen LogP contribution in [0.3, 0.4) is 0 Å². The van der Waals surface area contributed by atoms with Crippen molar-refractivity contribution in [2.45, 2.75) is 57.8 Å². The van der Waals surface area contributed by atoms with Crippen LogP contribution in [0.1, 0.15) is 68.4 Å². The lowest BCUT2D eigenvalue weighted by atomic mass is 9.90. The van der Waals surface area contributed by atoms with Crippen LogP contribution in [0.2, 0.25) is 0 Å². The Balaban J connectivity index is 1.56. The predicted octanol–water partition coefficient (Wildman–Crippen LogP) is 5.49. The number of nitrogens with zero attached hydrogens (tertiary/aromatic N) is 2. The second-order valence-corrected chi connectivity index (χ2v) is 8.88. The SMILES string of the molecule is CC(C)c1cc(Br)ccc1OCC(=O)Nc1nnc(C2CCCCC2)s1. The zero-order chi connectivity index (χ0) is 18.5. The summed E-state index contributed by atoms with van der Waals surface area (Å²) < 4.78 is 6.74. The van der Waals surface area contributed by atoms with E-state index in [0.29, 0.717) is 17.0 Å². The minimum Gasteiger partial charge on any atom is -0.483 e. The number of anilines is 1. The smallest absolute Gasteiger partial charge is 0.264 e. The molecule has 1 aromatic heterocycles. The molecule has 0 saturated heterocycles. The number of nitrogens with one attached hydrogen (secondary N) is 1. The van der Waals surface area contributed by atoms with Crippen molar-refractivity contribution in [3.05, 3.63) is 33.2 Å². The Morgan fingerprint density at radius 3 is 2.81 bits per heavy atom. The molecule has 1 aromatic carbocycles. The van der Waals surface area contributed by atoms with Crippen LogP contribution in [0, 0.1) is 0 Å². The number of halogens is 1. The molecule has 1 N–H and O–H groups in total. The number of carbonyl (C=O) groups is 1. The third kappa shape index (κ3) is 5.04. The van der Waals surface area contributed by atoms with E-state index >= 15 is 0 Å². The second kappa shape index (κ2) is 8.95. The molecule has 2 aromatic rings. The van der Waals surface area contributed by atoms with Gasteiger partial charge in [-0.1, -0.05) is 60.4 Å². The number of hydrogen-bond donors (Lipinski definition) is 1. The zero-order valence-electron chi connectivity index (χ0n) is 15.1. The van der Waals surface area contributed by atoms with Gasteiger partial charge in [0.2, 0.25) is 5.13 Å². The number of aromatic nitrogens is 2. The number of ether oxygens (including phenoxy) is 1. The summed E-state index contributed by atoms with van der Waals surface area (Å²) in [5.74, 6) is 1.33. The van der Waals surface area contributed by atoms with Crippen LogP contribution in [0.15, 0.2) is 22.7 Å². The maximum Gasteiger partial charge on any atom is 0.264 e. The molecule has 140 valence electrons. The fourth-order valence-electron chi connectivity index (χ4n) is 3.20. The van der Waals surface area contributed by atoms with Crippen LogP contribution in [0.5, 0.6) is 5.75 Å².